The fourth-order valence-electron chi connectivity index (χ4n) is 0.662. The molecule has 0 aliphatic carbocycles. The second-order valence-electron chi connectivity index (χ2n) is 1.57. The molecule has 1 saturated heterocycles. The van der Waals surface area contributed by atoms with Crippen molar-refractivity contribution in [1.82, 2.24) is 0 Å². The van der Waals surface area contributed by atoms with Crippen LogP contribution in [0.4, 0.5) is 0 Å². The molecule has 0 aromatic carbocycles. The summed E-state index contributed by atoms with van der Waals surface area (Å²) in [6.45, 7) is 0. The van der Waals surface area contributed by atoms with Crippen LogP contribution >= 0.6 is 11.8 Å². The molecule has 0 bridgehead atoms. The molecule has 0 radical (unpaired) electrons. The lowest BCUT2D eigenvalue weighted by Gasteiger charge is -1.83. The van der Waals surface area contributed by atoms with Gasteiger partial charge in [-0.05, 0) is 18.6 Å². The average Bonchev–Trinajstić information content (AvgIpc) is 2.14. The normalized spacial score (nSPS) is 26.7. The molecule has 1 aliphatic rings. The maximum Gasteiger partial charge on any atom is 0.0672 e. The van der Waals surface area contributed by atoms with Gasteiger partial charge in [-0.3, -0.25) is 4.99 Å². The van der Waals surface area contributed by atoms with Crippen LogP contribution in [0.3, 0.4) is 0 Å². The molecule has 1 nitrogen and oxygen atoms in total. The second-order valence-corrected chi connectivity index (χ2v) is 2.74. The first-order valence-corrected chi connectivity index (χ1v) is 3.50. The zero-order valence-corrected chi connectivity index (χ0v) is 5.29. The zero-order chi connectivity index (χ0) is 5.11. The Bertz CT molecular complexity index is 80.1. The Balaban J connectivity index is 2.41. The van der Waals surface area contributed by atoms with E-state index in [4.69, 9.17) is 0 Å². The fourth-order valence-corrected chi connectivity index (χ4v) is 1.60. The summed E-state index contributed by atoms with van der Waals surface area (Å²) in [6, 6.07) is 0. The second kappa shape index (κ2) is 2.36. The van der Waals surface area contributed by atoms with Crippen LogP contribution in [0.25, 0.3) is 0 Å². The molecule has 0 amide bonds. The minimum absolute atomic E-state index is 1.22. The lowest BCUT2D eigenvalue weighted by Crippen LogP contribution is -1.78. The lowest BCUT2D eigenvalue weighted by atomic mass is 10.4. The van der Waals surface area contributed by atoms with Crippen molar-refractivity contribution >= 4 is 16.8 Å². The Hall–Kier alpha value is 0.0200. The van der Waals surface area contributed by atoms with Crippen molar-refractivity contribution in [3.8, 4) is 0 Å². The number of nitrogens with zero attached hydrogens (tertiary/aromatic N) is 1. The van der Waals surface area contributed by atoms with E-state index < -0.39 is 0 Å². The number of aliphatic imine (C=N–C) groups is 1. The quantitative estimate of drug-likeness (QED) is 0.466. The lowest BCUT2D eigenvalue weighted by molar-refractivity contribution is 1.04. The van der Waals surface area contributed by atoms with Crippen LogP contribution in [0.1, 0.15) is 12.8 Å². The van der Waals surface area contributed by atoms with Crippen LogP contribution in [0, 0.1) is 0 Å². The average molecular weight is 115 g/mol. The van der Waals surface area contributed by atoms with E-state index in [-0.39, 0.29) is 0 Å². The van der Waals surface area contributed by atoms with E-state index >= 15 is 0 Å². The largest absolute Gasteiger partial charge is 0.286 e. The standard InChI is InChI=1S/C5H9NS/c1-6-5-3-2-4-7-5/h2-4H2,1H3. The van der Waals surface area contributed by atoms with Gasteiger partial charge in [0.05, 0.1) is 5.04 Å². The van der Waals surface area contributed by atoms with Crippen molar-refractivity contribution < 1.29 is 0 Å². The van der Waals surface area contributed by atoms with E-state index in [2.05, 4.69) is 4.99 Å². The van der Waals surface area contributed by atoms with Gasteiger partial charge in [-0.25, -0.2) is 0 Å². The molecule has 0 aromatic heterocycles. The molecule has 1 heterocycles. The number of hydrogen-bond donors (Lipinski definition) is 0. The minimum Gasteiger partial charge on any atom is -0.286 e. The van der Waals surface area contributed by atoms with E-state index in [9.17, 15) is 0 Å². The van der Waals surface area contributed by atoms with E-state index in [1.807, 2.05) is 18.8 Å². The SMILES string of the molecule is CN=C1CCCS1. The van der Waals surface area contributed by atoms with Gasteiger partial charge in [0.1, 0.15) is 0 Å². The summed E-state index contributed by atoms with van der Waals surface area (Å²) in [5.41, 5.74) is 0. The zero-order valence-electron chi connectivity index (χ0n) is 4.48. The van der Waals surface area contributed by atoms with Crippen molar-refractivity contribution in [3.63, 3.8) is 0 Å². The predicted molar refractivity (Wildman–Crippen MR) is 35.1 cm³/mol. The Morgan fingerprint density at radius 1 is 1.71 bits per heavy atom. The van der Waals surface area contributed by atoms with E-state index in [1.54, 1.807) is 0 Å². The highest BCUT2D eigenvalue weighted by Gasteiger charge is 2.05. The van der Waals surface area contributed by atoms with Gasteiger partial charge >= 0.3 is 0 Å². The van der Waals surface area contributed by atoms with Gasteiger partial charge < -0.3 is 0 Å². The Morgan fingerprint density at radius 2 is 2.57 bits per heavy atom. The molecule has 0 unspecified atom stereocenters. The first-order chi connectivity index (χ1) is 3.43. The summed E-state index contributed by atoms with van der Waals surface area (Å²) in [7, 11) is 1.87. The molecule has 2 heteroatoms. The summed E-state index contributed by atoms with van der Waals surface area (Å²) < 4.78 is 0. The van der Waals surface area contributed by atoms with Crippen LogP contribution in [-0.2, 0) is 0 Å². The molecule has 40 valence electrons. The van der Waals surface area contributed by atoms with Crippen LogP contribution in [0.5, 0.6) is 0 Å². The predicted octanol–water partition coefficient (Wildman–Crippen LogP) is 1.54. The highest BCUT2D eigenvalue weighted by atomic mass is 32.2. The van der Waals surface area contributed by atoms with Gasteiger partial charge in [-0.1, -0.05) is 0 Å². The van der Waals surface area contributed by atoms with Crippen molar-refractivity contribution in [2.24, 2.45) is 4.99 Å². The number of hydrogen-bond acceptors (Lipinski definition) is 2. The monoisotopic (exact) mass is 115 g/mol. The van der Waals surface area contributed by atoms with Crippen molar-refractivity contribution in [1.29, 1.82) is 0 Å². The van der Waals surface area contributed by atoms with Gasteiger partial charge in [0, 0.05) is 7.05 Å². The van der Waals surface area contributed by atoms with Crippen LogP contribution in [0.15, 0.2) is 4.99 Å². The van der Waals surface area contributed by atoms with E-state index in [1.165, 1.54) is 23.6 Å². The molecule has 0 saturated carbocycles. The third kappa shape index (κ3) is 1.20. The molecule has 1 aliphatic heterocycles. The minimum atomic E-state index is 1.22. The Kier molecular flexibility index (Phi) is 1.74. The molecule has 1 rings (SSSR count). The van der Waals surface area contributed by atoms with Gasteiger partial charge in [0.25, 0.3) is 0 Å². The highest BCUT2D eigenvalue weighted by molar-refractivity contribution is 8.14. The Morgan fingerprint density at radius 3 is 2.86 bits per heavy atom. The molecule has 7 heavy (non-hydrogen) atoms. The summed E-state index contributed by atoms with van der Waals surface area (Å²) in [5.74, 6) is 1.28. The first kappa shape index (κ1) is 5.16. The van der Waals surface area contributed by atoms with Crippen LogP contribution in [-0.4, -0.2) is 17.8 Å². The fraction of sp³-hybridized carbons (Fsp3) is 0.800. The summed E-state index contributed by atoms with van der Waals surface area (Å²) in [5, 5.41) is 1.33. The van der Waals surface area contributed by atoms with Crippen molar-refractivity contribution in [2.45, 2.75) is 12.8 Å². The molecule has 0 N–H and O–H groups in total. The summed E-state index contributed by atoms with van der Waals surface area (Å²) in [4.78, 5) is 4.07. The molecule has 0 aromatic rings. The Labute approximate surface area is 48.2 Å². The molecule has 1 fully saturated rings. The van der Waals surface area contributed by atoms with Crippen LogP contribution < -0.4 is 0 Å². The van der Waals surface area contributed by atoms with E-state index in [0.717, 1.165) is 0 Å². The summed E-state index contributed by atoms with van der Waals surface area (Å²) >= 11 is 1.89. The first-order valence-electron chi connectivity index (χ1n) is 2.52. The maximum atomic E-state index is 4.07. The van der Waals surface area contributed by atoms with Gasteiger partial charge in [0.2, 0.25) is 0 Å². The molecule has 0 spiro atoms. The highest BCUT2D eigenvalue weighted by Crippen LogP contribution is 2.19. The molecular formula is C5H9NS. The van der Waals surface area contributed by atoms with Crippen molar-refractivity contribution in [2.75, 3.05) is 12.8 Å². The van der Waals surface area contributed by atoms with Gasteiger partial charge in [0.15, 0.2) is 0 Å². The number of rotatable bonds is 0. The van der Waals surface area contributed by atoms with Gasteiger partial charge in [-0.15, -0.1) is 11.8 Å². The maximum absolute atomic E-state index is 4.07. The molecule has 0 atom stereocenters. The number of thioether (sulfide) groups is 1. The molecular weight excluding hydrogens is 106 g/mol. The van der Waals surface area contributed by atoms with Crippen molar-refractivity contribution in [3.05, 3.63) is 0 Å². The van der Waals surface area contributed by atoms with E-state index in [0.29, 0.717) is 0 Å². The summed E-state index contributed by atoms with van der Waals surface area (Å²) in [6.07, 6.45) is 2.55. The van der Waals surface area contributed by atoms with Crippen LogP contribution in [0.2, 0.25) is 0 Å². The third-order valence-corrected chi connectivity index (χ3v) is 2.27. The third-order valence-electron chi connectivity index (χ3n) is 1.05. The topological polar surface area (TPSA) is 12.4 Å². The smallest absolute Gasteiger partial charge is 0.0672 e. The van der Waals surface area contributed by atoms with Gasteiger partial charge in [-0.2, -0.15) is 0 Å².